The zero-order valence-electron chi connectivity index (χ0n) is 13.4. The van der Waals surface area contributed by atoms with Crippen molar-refractivity contribution in [3.8, 4) is 0 Å². The normalized spacial score (nSPS) is 18.3. The number of aromatic nitrogens is 1. The van der Waals surface area contributed by atoms with Gasteiger partial charge in [0.25, 0.3) is 0 Å². The summed E-state index contributed by atoms with van der Waals surface area (Å²) >= 11 is 0. The lowest BCUT2D eigenvalue weighted by Crippen LogP contribution is -2.29. The SMILES string of the molecule is C[C@@H](COCc1ccc(S(C)(=O)=O)cn1)CC1CCNCC1. The molecule has 6 heteroatoms. The highest BCUT2D eigenvalue weighted by molar-refractivity contribution is 7.90. The second-order valence-corrected chi connectivity index (χ2v) is 8.32. The summed E-state index contributed by atoms with van der Waals surface area (Å²) in [5.74, 6) is 1.35. The van der Waals surface area contributed by atoms with E-state index in [1.165, 1.54) is 31.7 Å². The summed E-state index contributed by atoms with van der Waals surface area (Å²) in [7, 11) is -3.18. The van der Waals surface area contributed by atoms with Gasteiger partial charge in [-0.15, -0.1) is 0 Å². The summed E-state index contributed by atoms with van der Waals surface area (Å²) in [6, 6.07) is 3.30. The van der Waals surface area contributed by atoms with Gasteiger partial charge in [0.15, 0.2) is 9.84 Å². The quantitative estimate of drug-likeness (QED) is 0.830. The molecule has 2 heterocycles. The Balaban J connectivity index is 1.71. The average Bonchev–Trinajstić information content (AvgIpc) is 2.48. The van der Waals surface area contributed by atoms with E-state index in [2.05, 4.69) is 17.2 Å². The molecule has 1 aromatic heterocycles. The van der Waals surface area contributed by atoms with Gasteiger partial charge in [-0.2, -0.15) is 0 Å². The first kappa shape index (κ1) is 17.4. The van der Waals surface area contributed by atoms with Gasteiger partial charge in [0.1, 0.15) is 0 Å². The summed E-state index contributed by atoms with van der Waals surface area (Å²) in [5, 5.41) is 3.39. The predicted molar refractivity (Wildman–Crippen MR) is 86.4 cm³/mol. The molecular weight excluding hydrogens is 300 g/mol. The molecule has 0 amide bonds. The highest BCUT2D eigenvalue weighted by Gasteiger charge is 2.16. The fourth-order valence-corrected chi connectivity index (χ4v) is 3.39. The van der Waals surface area contributed by atoms with Crippen LogP contribution < -0.4 is 5.32 Å². The number of rotatable bonds is 7. The molecule has 1 atom stereocenters. The lowest BCUT2D eigenvalue weighted by molar-refractivity contribution is 0.0797. The minimum Gasteiger partial charge on any atom is -0.375 e. The Bertz CT molecular complexity index is 551. The lowest BCUT2D eigenvalue weighted by Gasteiger charge is -2.25. The van der Waals surface area contributed by atoms with Crippen LogP contribution in [-0.2, 0) is 21.2 Å². The van der Waals surface area contributed by atoms with Crippen LogP contribution in [0, 0.1) is 11.8 Å². The van der Waals surface area contributed by atoms with Gasteiger partial charge in [-0.3, -0.25) is 4.98 Å². The van der Waals surface area contributed by atoms with E-state index in [1.807, 2.05) is 0 Å². The summed E-state index contributed by atoms with van der Waals surface area (Å²) in [6.07, 6.45) is 6.31. The molecule has 1 saturated heterocycles. The molecule has 1 N–H and O–H groups in total. The molecule has 22 heavy (non-hydrogen) atoms. The van der Waals surface area contributed by atoms with Crippen LogP contribution in [0.3, 0.4) is 0 Å². The molecule has 1 fully saturated rings. The van der Waals surface area contributed by atoms with Gasteiger partial charge in [-0.05, 0) is 56.3 Å². The summed E-state index contributed by atoms with van der Waals surface area (Å²) in [6.45, 7) is 5.64. The van der Waals surface area contributed by atoms with Gasteiger partial charge >= 0.3 is 0 Å². The van der Waals surface area contributed by atoms with Crippen molar-refractivity contribution in [3.63, 3.8) is 0 Å². The number of nitrogens with zero attached hydrogens (tertiary/aromatic N) is 1. The molecule has 1 aromatic rings. The lowest BCUT2D eigenvalue weighted by atomic mass is 9.89. The van der Waals surface area contributed by atoms with Crippen molar-refractivity contribution in [3.05, 3.63) is 24.0 Å². The summed E-state index contributed by atoms with van der Waals surface area (Å²) in [4.78, 5) is 4.39. The van der Waals surface area contributed by atoms with E-state index in [0.29, 0.717) is 12.5 Å². The zero-order valence-corrected chi connectivity index (χ0v) is 14.2. The number of ether oxygens (including phenoxy) is 1. The monoisotopic (exact) mass is 326 g/mol. The van der Waals surface area contributed by atoms with Crippen molar-refractivity contribution < 1.29 is 13.2 Å². The molecule has 0 spiro atoms. The first-order valence-electron chi connectivity index (χ1n) is 7.88. The number of pyridine rings is 1. The molecule has 1 aliphatic heterocycles. The fourth-order valence-electron chi connectivity index (χ4n) is 2.83. The van der Waals surface area contributed by atoms with Crippen LogP contribution >= 0.6 is 0 Å². The van der Waals surface area contributed by atoms with Crippen LogP contribution in [0.2, 0.25) is 0 Å². The van der Waals surface area contributed by atoms with Crippen molar-refractivity contribution in [2.24, 2.45) is 11.8 Å². The topological polar surface area (TPSA) is 68.3 Å². The minimum absolute atomic E-state index is 0.246. The van der Waals surface area contributed by atoms with E-state index in [4.69, 9.17) is 4.74 Å². The maximum absolute atomic E-state index is 11.4. The summed E-state index contributed by atoms with van der Waals surface area (Å²) in [5.41, 5.74) is 0.765. The Morgan fingerprint density at radius 2 is 2.09 bits per heavy atom. The number of piperidine rings is 1. The van der Waals surface area contributed by atoms with E-state index in [-0.39, 0.29) is 4.90 Å². The molecule has 2 rings (SSSR count). The highest BCUT2D eigenvalue weighted by Crippen LogP contribution is 2.21. The van der Waals surface area contributed by atoms with E-state index >= 15 is 0 Å². The van der Waals surface area contributed by atoms with E-state index < -0.39 is 9.84 Å². The minimum atomic E-state index is -3.18. The van der Waals surface area contributed by atoms with Crippen LogP contribution in [0.4, 0.5) is 0 Å². The number of hydrogen-bond acceptors (Lipinski definition) is 5. The van der Waals surface area contributed by atoms with Crippen molar-refractivity contribution in [2.45, 2.75) is 37.7 Å². The van der Waals surface area contributed by atoms with Crippen molar-refractivity contribution in [1.82, 2.24) is 10.3 Å². The molecule has 0 aliphatic carbocycles. The maximum Gasteiger partial charge on any atom is 0.177 e. The third kappa shape index (κ3) is 5.66. The van der Waals surface area contributed by atoms with Crippen molar-refractivity contribution >= 4 is 9.84 Å². The zero-order chi connectivity index (χ0) is 16.0. The summed E-state index contributed by atoms with van der Waals surface area (Å²) < 4.78 is 28.4. The van der Waals surface area contributed by atoms with Gasteiger partial charge in [0.05, 0.1) is 17.2 Å². The third-order valence-corrected chi connectivity index (χ3v) is 5.17. The molecule has 124 valence electrons. The number of nitrogens with one attached hydrogen (secondary N) is 1. The molecule has 1 aliphatic rings. The molecule has 0 bridgehead atoms. The Labute approximate surface area is 133 Å². The Kier molecular flexibility index (Phi) is 6.35. The smallest absolute Gasteiger partial charge is 0.177 e. The molecule has 0 unspecified atom stereocenters. The van der Waals surface area contributed by atoms with E-state index in [0.717, 1.165) is 31.3 Å². The first-order valence-corrected chi connectivity index (χ1v) is 9.77. The van der Waals surface area contributed by atoms with Crippen LogP contribution in [-0.4, -0.2) is 39.4 Å². The van der Waals surface area contributed by atoms with Crippen molar-refractivity contribution in [1.29, 1.82) is 0 Å². The molecule has 5 nitrogen and oxygen atoms in total. The molecule has 0 aromatic carbocycles. The molecule has 0 saturated carbocycles. The number of sulfone groups is 1. The largest absolute Gasteiger partial charge is 0.375 e. The Morgan fingerprint density at radius 3 is 2.68 bits per heavy atom. The Hall–Kier alpha value is -0.980. The Morgan fingerprint density at radius 1 is 1.36 bits per heavy atom. The van der Waals surface area contributed by atoms with Crippen LogP contribution in [0.1, 0.15) is 31.9 Å². The van der Waals surface area contributed by atoms with Gasteiger partial charge < -0.3 is 10.1 Å². The number of hydrogen-bond donors (Lipinski definition) is 1. The van der Waals surface area contributed by atoms with E-state index in [1.54, 1.807) is 12.1 Å². The van der Waals surface area contributed by atoms with Gasteiger partial charge in [-0.25, -0.2) is 8.42 Å². The fraction of sp³-hybridized carbons (Fsp3) is 0.688. The second kappa shape index (κ2) is 8.04. The van der Waals surface area contributed by atoms with Gasteiger partial charge in [-0.1, -0.05) is 6.92 Å². The maximum atomic E-state index is 11.4. The van der Waals surface area contributed by atoms with Gasteiger partial charge in [0.2, 0.25) is 0 Å². The predicted octanol–water partition coefficient (Wildman–Crippen LogP) is 2.03. The molecule has 0 radical (unpaired) electrons. The average molecular weight is 326 g/mol. The second-order valence-electron chi connectivity index (χ2n) is 6.31. The van der Waals surface area contributed by atoms with Crippen LogP contribution in [0.15, 0.2) is 23.2 Å². The standard InChI is InChI=1S/C16H26N2O3S/c1-13(9-14-5-7-17-8-6-14)11-21-12-15-3-4-16(10-18-15)22(2,19)20/h3-4,10,13-14,17H,5-9,11-12H2,1-2H3/t13-/m1/s1. The first-order chi connectivity index (χ1) is 10.4. The van der Waals surface area contributed by atoms with Crippen LogP contribution in [0.5, 0.6) is 0 Å². The van der Waals surface area contributed by atoms with Crippen LogP contribution in [0.25, 0.3) is 0 Å². The third-order valence-electron chi connectivity index (χ3n) is 4.07. The molecular formula is C16H26N2O3S. The van der Waals surface area contributed by atoms with Gasteiger partial charge in [0, 0.05) is 19.1 Å². The van der Waals surface area contributed by atoms with E-state index in [9.17, 15) is 8.42 Å². The van der Waals surface area contributed by atoms with Crippen molar-refractivity contribution in [2.75, 3.05) is 26.0 Å². The highest BCUT2D eigenvalue weighted by atomic mass is 32.2.